The first-order valence-electron chi connectivity index (χ1n) is 8.22. The maximum absolute atomic E-state index is 12.5. The monoisotopic (exact) mass is 383 g/mol. The molecule has 0 unspecified atom stereocenters. The van der Waals surface area contributed by atoms with Gasteiger partial charge in [0.2, 0.25) is 17.6 Å². The summed E-state index contributed by atoms with van der Waals surface area (Å²) in [6.07, 6.45) is 3.21. The number of halogens is 1. The van der Waals surface area contributed by atoms with Crippen LogP contribution < -0.4 is 0 Å². The Morgan fingerprint density at radius 2 is 1.84 bits per heavy atom. The summed E-state index contributed by atoms with van der Waals surface area (Å²) in [5, 5.41) is 0. The molecule has 1 saturated carbocycles. The number of rotatable bonds is 5. The fourth-order valence-electron chi connectivity index (χ4n) is 3.47. The SMILES string of the molecule is C[C@@H](C(=O)OCC(=O)c1ccc(Cl)s1)N1C(=O)[C@@H]2CCCC[C@H]2C1=O. The molecule has 1 saturated heterocycles. The van der Waals surface area contributed by atoms with Crippen LogP contribution in [0.15, 0.2) is 12.1 Å². The molecule has 0 spiro atoms. The van der Waals surface area contributed by atoms with Gasteiger partial charge in [0, 0.05) is 0 Å². The van der Waals surface area contributed by atoms with Gasteiger partial charge < -0.3 is 4.74 Å². The predicted molar refractivity (Wildman–Crippen MR) is 91.4 cm³/mol. The van der Waals surface area contributed by atoms with Crippen LogP contribution in [0.1, 0.15) is 42.3 Å². The quantitative estimate of drug-likeness (QED) is 0.443. The van der Waals surface area contributed by atoms with Crippen LogP contribution in [0.25, 0.3) is 0 Å². The number of carbonyl (C=O) groups is 4. The van der Waals surface area contributed by atoms with E-state index in [9.17, 15) is 19.2 Å². The molecule has 2 aliphatic rings. The van der Waals surface area contributed by atoms with E-state index >= 15 is 0 Å². The van der Waals surface area contributed by atoms with E-state index in [4.69, 9.17) is 16.3 Å². The van der Waals surface area contributed by atoms with Gasteiger partial charge in [0.15, 0.2) is 6.61 Å². The molecule has 0 bridgehead atoms. The van der Waals surface area contributed by atoms with E-state index in [-0.39, 0.29) is 29.4 Å². The van der Waals surface area contributed by atoms with Gasteiger partial charge in [-0.2, -0.15) is 0 Å². The minimum atomic E-state index is -1.02. The van der Waals surface area contributed by atoms with Crippen molar-refractivity contribution in [2.24, 2.45) is 11.8 Å². The number of nitrogens with zero attached hydrogens (tertiary/aromatic N) is 1. The number of amides is 2. The Kier molecular flexibility index (Phi) is 5.24. The molecular weight excluding hydrogens is 366 g/mol. The van der Waals surface area contributed by atoms with E-state index in [1.54, 1.807) is 12.1 Å². The molecule has 1 aliphatic carbocycles. The minimum Gasteiger partial charge on any atom is -0.456 e. The number of hydrogen-bond acceptors (Lipinski definition) is 6. The summed E-state index contributed by atoms with van der Waals surface area (Å²) in [6, 6.07) is 2.13. The highest BCUT2D eigenvalue weighted by molar-refractivity contribution is 7.18. The highest BCUT2D eigenvalue weighted by Gasteiger charge is 2.51. The van der Waals surface area contributed by atoms with E-state index in [2.05, 4.69) is 0 Å². The van der Waals surface area contributed by atoms with Crippen LogP contribution >= 0.6 is 22.9 Å². The molecule has 2 heterocycles. The average molecular weight is 384 g/mol. The predicted octanol–water partition coefficient (Wildman–Crippen LogP) is 2.69. The number of esters is 1. The molecule has 2 amide bonds. The summed E-state index contributed by atoms with van der Waals surface area (Å²) in [5.74, 6) is -2.34. The normalized spacial score (nSPS) is 24.2. The van der Waals surface area contributed by atoms with E-state index in [1.165, 1.54) is 6.92 Å². The smallest absolute Gasteiger partial charge is 0.329 e. The van der Waals surface area contributed by atoms with E-state index < -0.39 is 18.6 Å². The second kappa shape index (κ2) is 7.25. The van der Waals surface area contributed by atoms with Crippen molar-refractivity contribution in [2.75, 3.05) is 6.61 Å². The standard InChI is InChI=1S/C17H18ClNO5S/c1-9(17(23)24-8-12(20)13-6-7-14(18)25-13)19-15(21)10-4-2-3-5-11(10)16(19)22/h6-7,9-11H,2-5,8H2,1H3/t9-,10+,11+/m0/s1. The average Bonchev–Trinajstić information content (AvgIpc) is 3.15. The summed E-state index contributed by atoms with van der Waals surface area (Å²) in [4.78, 5) is 50.6. The molecule has 3 atom stereocenters. The molecule has 0 N–H and O–H groups in total. The Hall–Kier alpha value is -1.73. The van der Waals surface area contributed by atoms with Gasteiger partial charge in [0.25, 0.3) is 0 Å². The zero-order valence-corrected chi connectivity index (χ0v) is 15.3. The van der Waals surface area contributed by atoms with Crippen molar-refractivity contribution in [3.63, 3.8) is 0 Å². The number of Topliss-reactive ketones (excluding diaryl/α,β-unsaturated/α-hetero) is 1. The van der Waals surface area contributed by atoms with Crippen LogP contribution in [0, 0.1) is 11.8 Å². The van der Waals surface area contributed by atoms with E-state index in [0.29, 0.717) is 22.1 Å². The lowest BCUT2D eigenvalue weighted by molar-refractivity contribution is -0.157. The van der Waals surface area contributed by atoms with Gasteiger partial charge in [-0.1, -0.05) is 24.4 Å². The number of likely N-dealkylation sites (tertiary alicyclic amines) is 1. The topological polar surface area (TPSA) is 80.8 Å². The molecule has 1 aromatic heterocycles. The van der Waals surface area contributed by atoms with Crippen LogP contribution in [-0.2, 0) is 19.1 Å². The molecule has 1 aromatic rings. The second-order valence-corrected chi connectivity index (χ2v) is 8.07. The maximum atomic E-state index is 12.5. The summed E-state index contributed by atoms with van der Waals surface area (Å²) in [7, 11) is 0. The van der Waals surface area contributed by atoms with Gasteiger partial charge in [-0.25, -0.2) is 4.79 Å². The Balaban J connectivity index is 1.61. The number of thiophene rings is 1. The number of carbonyl (C=O) groups excluding carboxylic acids is 4. The van der Waals surface area contributed by atoms with Gasteiger partial charge in [0.05, 0.1) is 21.0 Å². The van der Waals surface area contributed by atoms with Crippen molar-refractivity contribution in [1.29, 1.82) is 0 Å². The lowest BCUT2D eigenvalue weighted by atomic mass is 9.81. The van der Waals surface area contributed by atoms with E-state index in [1.807, 2.05) is 0 Å². The lowest BCUT2D eigenvalue weighted by Crippen LogP contribution is -2.44. The number of hydrogen-bond donors (Lipinski definition) is 0. The van der Waals surface area contributed by atoms with Crippen LogP contribution in [0.2, 0.25) is 4.34 Å². The largest absolute Gasteiger partial charge is 0.456 e. The molecular formula is C17H18ClNO5S. The Morgan fingerprint density at radius 1 is 1.24 bits per heavy atom. The fourth-order valence-corrected chi connectivity index (χ4v) is 4.43. The third-order valence-corrected chi connectivity index (χ3v) is 6.07. The molecule has 25 heavy (non-hydrogen) atoms. The molecule has 2 fully saturated rings. The number of ether oxygens (including phenoxy) is 1. The number of fused-ring (bicyclic) bond motifs is 1. The Morgan fingerprint density at radius 3 is 2.36 bits per heavy atom. The molecule has 0 aromatic carbocycles. The zero-order chi connectivity index (χ0) is 18.1. The highest BCUT2D eigenvalue weighted by Crippen LogP contribution is 2.38. The van der Waals surface area contributed by atoms with Crippen molar-refractivity contribution < 1.29 is 23.9 Å². The first-order valence-corrected chi connectivity index (χ1v) is 9.41. The molecule has 134 valence electrons. The van der Waals surface area contributed by atoms with Gasteiger partial charge in [-0.15, -0.1) is 11.3 Å². The number of imide groups is 1. The van der Waals surface area contributed by atoms with Crippen molar-refractivity contribution in [1.82, 2.24) is 4.90 Å². The first-order chi connectivity index (χ1) is 11.9. The third kappa shape index (κ3) is 3.48. The molecule has 6 nitrogen and oxygen atoms in total. The second-order valence-electron chi connectivity index (χ2n) is 6.35. The molecule has 3 rings (SSSR count). The van der Waals surface area contributed by atoms with Gasteiger partial charge in [-0.05, 0) is 31.9 Å². The molecule has 0 radical (unpaired) electrons. The maximum Gasteiger partial charge on any atom is 0.329 e. The Labute approximate surface area is 154 Å². The van der Waals surface area contributed by atoms with Gasteiger partial charge in [0.1, 0.15) is 6.04 Å². The first kappa shape index (κ1) is 18.1. The summed E-state index contributed by atoms with van der Waals surface area (Å²) in [6.45, 7) is 1.02. The summed E-state index contributed by atoms with van der Waals surface area (Å²) >= 11 is 6.87. The summed E-state index contributed by atoms with van der Waals surface area (Å²) in [5.41, 5.74) is 0. The van der Waals surface area contributed by atoms with Crippen molar-refractivity contribution in [3.8, 4) is 0 Å². The van der Waals surface area contributed by atoms with Crippen LogP contribution in [0.5, 0.6) is 0 Å². The number of ketones is 1. The minimum absolute atomic E-state index is 0.296. The Bertz CT molecular complexity index is 706. The van der Waals surface area contributed by atoms with Gasteiger partial charge in [-0.3, -0.25) is 19.3 Å². The molecule has 8 heteroatoms. The van der Waals surface area contributed by atoms with Crippen LogP contribution in [0.4, 0.5) is 0 Å². The van der Waals surface area contributed by atoms with Gasteiger partial charge >= 0.3 is 5.97 Å². The summed E-state index contributed by atoms with van der Waals surface area (Å²) < 4.78 is 5.49. The van der Waals surface area contributed by atoms with Crippen LogP contribution in [0.3, 0.4) is 0 Å². The van der Waals surface area contributed by atoms with Crippen molar-refractivity contribution in [2.45, 2.75) is 38.6 Å². The highest BCUT2D eigenvalue weighted by atomic mass is 35.5. The van der Waals surface area contributed by atoms with E-state index in [0.717, 1.165) is 29.1 Å². The molecule has 1 aliphatic heterocycles. The third-order valence-electron chi connectivity index (χ3n) is 4.80. The van der Waals surface area contributed by atoms with Crippen molar-refractivity contribution >= 4 is 46.5 Å². The lowest BCUT2D eigenvalue weighted by Gasteiger charge is -2.21. The fraction of sp³-hybridized carbons (Fsp3) is 0.529. The van der Waals surface area contributed by atoms with Crippen LogP contribution in [-0.4, -0.2) is 41.1 Å². The zero-order valence-electron chi connectivity index (χ0n) is 13.7. The van der Waals surface area contributed by atoms with Crippen molar-refractivity contribution in [3.05, 3.63) is 21.3 Å².